The van der Waals surface area contributed by atoms with Crippen molar-refractivity contribution in [1.82, 2.24) is 0 Å². The van der Waals surface area contributed by atoms with Crippen LogP contribution >= 0.6 is 11.3 Å². The maximum atomic E-state index is 13.3. The lowest BCUT2D eigenvalue weighted by Gasteiger charge is -2.09. The van der Waals surface area contributed by atoms with Gasteiger partial charge in [-0.05, 0) is 42.8 Å². The third-order valence-corrected chi connectivity index (χ3v) is 4.94. The first-order valence-electron chi connectivity index (χ1n) is 8.72. The normalized spacial score (nSPS) is 10.8. The summed E-state index contributed by atoms with van der Waals surface area (Å²) in [6.45, 7) is 1.69. The average Bonchev–Trinajstić information content (AvgIpc) is 3.08. The van der Waals surface area contributed by atoms with Crippen LogP contribution in [0.2, 0.25) is 0 Å². The molecule has 0 N–H and O–H groups in total. The van der Waals surface area contributed by atoms with Gasteiger partial charge in [0.2, 0.25) is 0 Å². The predicted octanol–water partition coefficient (Wildman–Crippen LogP) is 4.95. The van der Waals surface area contributed by atoms with Crippen molar-refractivity contribution in [2.45, 2.75) is 6.92 Å². The van der Waals surface area contributed by atoms with Crippen LogP contribution in [0.5, 0.6) is 11.5 Å². The SMILES string of the molecule is Cc1ccc(OCC(=O)Oc2cc(-c3ccc(F)cc3)c3oc(=O)sc3c2)cc1. The summed E-state index contributed by atoms with van der Waals surface area (Å²) in [5.41, 5.74) is 2.61. The molecule has 4 rings (SSSR count). The van der Waals surface area contributed by atoms with Crippen molar-refractivity contribution in [3.8, 4) is 22.6 Å². The van der Waals surface area contributed by atoms with Crippen LogP contribution in [0, 0.1) is 12.7 Å². The van der Waals surface area contributed by atoms with Gasteiger partial charge in [-0.25, -0.2) is 14.0 Å². The number of esters is 1. The molecule has 3 aromatic carbocycles. The zero-order valence-corrected chi connectivity index (χ0v) is 16.1. The van der Waals surface area contributed by atoms with Gasteiger partial charge in [0.05, 0.1) is 4.70 Å². The Morgan fingerprint density at radius 2 is 1.76 bits per heavy atom. The van der Waals surface area contributed by atoms with E-state index in [4.69, 9.17) is 13.9 Å². The molecule has 0 aliphatic rings. The van der Waals surface area contributed by atoms with Crippen LogP contribution in [0.4, 0.5) is 4.39 Å². The van der Waals surface area contributed by atoms with Crippen molar-refractivity contribution in [1.29, 1.82) is 0 Å². The largest absolute Gasteiger partial charge is 0.482 e. The molecule has 4 aromatic rings. The number of benzene rings is 3. The van der Waals surface area contributed by atoms with E-state index in [9.17, 15) is 14.0 Å². The number of fused-ring (bicyclic) bond motifs is 1. The molecule has 146 valence electrons. The zero-order chi connectivity index (χ0) is 20.4. The van der Waals surface area contributed by atoms with Gasteiger partial charge in [0, 0.05) is 11.6 Å². The summed E-state index contributed by atoms with van der Waals surface area (Å²) in [5, 5.41) is 0. The van der Waals surface area contributed by atoms with Gasteiger partial charge in [-0.2, -0.15) is 0 Å². The van der Waals surface area contributed by atoms with Gasteiger partial charge in [-0.15, -0.1) is 0 Å². The maximum absolute atomic E-state index is 13.3. The Labute approximate surface area is 168 Å². The van der Waals surface area contributed by atoms with E-state index in [0.717, 1.165) is 16.9 Å². The number of halogens is 1. The van der Waals surface area contributed by atoms with E-state index >= 15 is 0 Å². The number of ether oxygens (including phenoxy) is 2. The lowest BCUT2D eigenvalue weighted by atomic mass is 10.0. The molecule has 0 saturated carbocycles. The molecule has 7 heteroatoms. The first-order valence-corrected chi connectivity index (χ1v) is 9.53. The predicted molar refractivity (Wildman–Crippen MR) is 108 cm³/mol. The molecule has 0 saturated heterocycles. The van der Waals surface area contributed by atoms with Crippen molar-refractivity contribution in [2.75, 3.05) is 6.61 Å². The Balaban J connectivity index is 1.58. The molecular weight excluding hydrogens is 395 g/mol. The van der Waals surface area contributed by atoms with Crippen LogP contribution in [0.1, 0.15) is 5.56 Å². The molecule has 1 aromatic heterocycles. The molecule has 5 nitrogen and oxygen atoms in total. The smallest absolute Gasteiger partial charge is 0.396 e. The Kier molecular flexibility index (Phi) is 5.14. The number of aryl methyl sites for hydroxylation is 1. The summed E-state index contributed by atoms with van der Waals surface area (Å²) >= 11 is 0.898. The van der Waals surface area contributed by atoms with Gasteiger partial charge in [0.25, 0.3) is 0 Å². The van der Waals surface area contributed by atoms with Crippen LogP contribution in [0.15, 0.2) is 69.9 Å². The number of hydrogen-bond acceptors (Lipinski definition) is 6. The maximum Gasteiger partial charge on any atom is 0.396 e. The molecular formula is C22H15FO5S. The molecule has 0 bridgehead atoms. The zero-order valence-electron chi connectivity index (χ0n) is 15.3. The van der Waals surface area contributed by atoms with Gasteiger partial charge >= 0.3 is 10.9 Å². The van der Waals surface area contributed by atoms with Crippen molar-refractivity contribution < 1.29 is 23.1 Å². The number of rotatable bonds is 5. The van der Waals surface area contributed by atoms with E-state index in [1.807, 2.05) is 19.1 Å². The first-order chi connectivity index (χ1) is 14.0. The second-order valence-corrected chi connectivity index (χ2v) is 7.31. The van der Waals surface area contributed by atoms with Crippen LogP contribution < -0.4 is 14.4 Å². The molecule has 0 unspecified atom stereocenters. The molecule has 0 radical (unpaired) electrons. The molecule has 0 aliphatic heterocycles. The summed E-state index contributed by atoms with van der Waals surface area (Å²) in [4.78, 5) is 23.4. The first kappa shape index (κ1) is 18.9. The Hall–Kier alpha value is -3.45. The van der Waals surface area contributed by atoms with Crippen LogP contribution in [0.25, 0.3) is 21.4 Å². The van der Waals surface area contributed by atoms with E-state index in [1.165, 1.54) is 12.1 Å². The number of carbonyl (C=O) groups excluding carboxylic acids is 1. The van der Waals surface area contributed by atoms with E-state index in [0.29, 0.717) is 27.2 Å². The second-order valence-electron chi connectivity index (χ2n) is 6.33. The van der Waals surface area contributed by atoms with Gasteiger partial charge in [0.1, 0.15) is 17.3 Å². The molecule has 0 amide bonds. The van der Waals surface area contributed by atoms with Gasteiger partial charge in [-0.3, -0.25) is 0 Å². The highest BCUT2D eigenvalue weighted by atomic mass is 32.1. The fourth-order valence-electron chi connectivity index (χ4n) is 2.79. The summed E-state index contributed by atoms with van der Waals surface area (Å²) in [7, 11) is 0. The molecule has 1 heterocycles. The monoisotopic (exact) mass is 410 g/mol. The van der Waals surface area contributed by atoms with E-state index in [2.05, 4.69) is 0 Å². The van der Waals surface area contributed by atoms with Crippen molar-refractivity contribution >= 4 is 27.6 Å². The standard InChI is InChI=1S/C22H15FO5S/c1-13-2-8-16(9-3-13)26-12-20(24)27-17-10-18(14-4-6-15(23)7-5-14)21-19(11-17)29-22(25)28-21/h2-11H,12H2,1H3. The van der Waals surface area contributed by atoms with E-state index in [1.54, 1.807) is 36.4 Å². The highest BCUT2D eigenvalue weighted by Gasteiger charge is 2.15. The highest BCUT2D eigenvalue weighted by Crippen LogP contribution is 2.34. The van der Waals surface area contributed by atoms with Gasteiger partial charge in [-0.1, -0.05) is 41.2 Å². The lowest BCUT2D eigenvalue weighted by Crippen LogP contribution is -2.17. The topological polar surface area (TPSA) is 65.7 Å². The lowest BCUT2D eigenvalue weighted by molar-refractivity contribution is -0.136. The summed E-state index contributed by atoms with van der Waals surface area (Å²) < 4.78 is 29.9. The minimum Gasteiger partial charge on any atom is -0.482 e. The quantitative estimate of drug-likeness (QED) is 0.344. The molecule has 0 spiro atoms. The second kappa shape index (κ2) is 7.89. The minimum absolute atomic E-state index is 0.242. The minimum atomic E-state index is -0.592. The summed E-state index contributed by atoms with van der Waals surface area (Å²) in [6, 6.07) is 16.2. The average molecular weight is 410 g/mol. The third kappa shape index (κ3) is 4.35. The van der Waals surface area contributed by atoms with Crippen molar-refractivity contribution in [2.24, 2.45) is 0 Å². The fourth-order valence-corrected chi connectivity index (χ4v) is 3.52. The van der Waals surface area contributed by atoms with Crippen molar-refractivity contribution in [3.63, 3.8) is 0 Å². The highest BCUT2D eigenvalue weighted by molar-refractivity contribution is 7.16. The van der Waals surface area contributed by atoms with E-state index in [-0.39, 0.29) is 18.2 Å². The summed E-state index contributed by atoms with van der Waals surface area (Å²) in [6.07, 6.45) is 0. The van der Waals surface area contributed by atoms with Gasteiger partial charge in [0.15, 0.2) is 12.2 Å². The third-order valence-electron chi connectivity index (χ3n) is 4.17. The number of hydrogen-bond donors (Lipinski definition) is 0. The van der Waals surface area contributed by atoms with Crippen molar-refractivity contribution in [3.05, 3.63) is 81.8 Å². The Morgan fingerprint density at radius 1 is 1.03 bits per heavy atom. The van der Waals surface area contributed by atoms with Crippen LogP contribution in [-0.2, 0) is 4.79 Å². The van der Waals surface area contributed by atoms with Gasteiger partial charge < -0.3 is 13.9 Å². The number of carbonyl (C=O) groups is 1. The molecule has 0 fully saturated rings. The van der Waals surface area contributed by atoms with Crippen LogP contribution in [-0.4, -0.2) is 12.6 Å². The van der Waals surface area contributed by atoms with E-state index < -0.39 is 10.9 Å². The Morgan fingerprint density at radius 3 is 2.48 bits per heavy atom. The Bertz CT molecular complexity index is 1220. The molecule has 29 heavy (non-hydrogen) atoms. The summed E-state index contributed by atoms with van der Waals surface area (Å²) in [5.74, 6) is -0.173. The molecule has 0 aliphatic carbocycles. The fraction of sp³-hybridized carbons (Fsp3) is 0.0909. The molecule has 0 atom stereocenters. The van der Waals surface area contributed by atoms with Crippen LogP contribution in [0.3, 0.4) is 0 Å².